The van der Waals surface area contributed by atoms with E-state index in [4.69, 9.17) is 10.5 Å². The van der Waals surface area contributed by atoms with Gasteiger partial charge in [0.2, 0.25) is 5.91 Å². The van der Waals surface area contributed by atoms with Crippen molar-refractivity contribution in [2.24, 2.45) is 5.73 Å². The zero-order chi connectivity index (χ0) is 14.6. The van der Waals surface area contributed by atoms with Crippen LogP contribution in [0.25, 0.3) is 0 Å². The van der Waals surface area contributed by atoms with Crippen LogP contribution in [0.2, 0.25) is 0 Å². The fourth-order valence-electron chi connectivity index (χ4n) is 2.62. The molecule has 20 heavy (non-hydrogen) atoms. The minimum atomic E-state index is -0.775. The largest absolute Gasteiger partial charge is 0.468 e. The van der Waals surface area contributed by atoms with Crippen LogP contribution in [0.1, 0.15) is 12.8 Å². The lowest BCUT2D eigenvalue weighted by molar-refractivity contribution is -0.144. The van der Waals surface area contributed by atoms with Gasteiger partial charge in [-0.05, 0) is 12.8 Å². The van der Waals surface area contributed by atoms with Gasteiger partial charge in [0.05, 0.1) is 19.2 Å². The first-order valence-corrected chi connectivity index (χ1v) is 7.00. The Bertz CT molecular complexity index is 361. The lowest BCUT2D eigenvalue weighted by Gasteiger charge is -2.40. The van der Waals surface area contributed by atoms with E-state index in [0.29, 0.717) is 52.2 Å². The normalized spacial score (nSPS) is 23.4. The van der Waals surface area contributed by atoms with Crippen LogP contribution in [0.3, 0.4) is 0 Å². The first kappa shape index (κ1) is 15.2. The molecule has 7 heteroatoms. The molecule has 0 saturated carbocycles. The standard InChI is InChI=1S/C13H23N3O4/c1-19-11(17)10-15-4-6-16(7-5-15)12(18)13(14)2-8-20-9-3-13/h2-10,14H2,1H3. The summed E-state index contributed by atoms with van der Waals surface area (Å²) in [5.41, 5.74) is 5.44. The highest BCUT2D eigenvalue weighted by atomic mass is 16.5. The van der Waals surface area contributed by atoms with Crippen LogP contribution < -0.4 is 5.73 Å². The second kappa shape index (κ2) is 6.51. The molecule has 2 aliphatic rings. The second-order valence-corrected chi connectivity index (χ2v) is 5.41. The Hall–Kier alpha value is -1.18. The van der Waals surface area contributed by atoms with E-state index < -0.39 is 5.54 Å². The van der Waals surface area contributed by atoms with E-state index in [9.17, 15) is 9.59 Å². The molecule has 2 fully saturated rings. The van der Waals surface area contributed by atoms with Gasteiger partial charge in [0.15, 0.2) is 0 Å². The minimum absolute atomic E-state index is 0.0125. The highest BCUT2D eigenvalue weighted by molar-refractivity contribution is 5.86. The molecule has 0 atom stereocenters. The predicted octanol–water partition coefficient (Wildman–Crippen LogP) is -1.19. The van der Waals surface area contributed by atoms with Crippen LogP contribution in [0.4, 0.5) is 0 Å². The molecule has 0 aromatic carbocycles. The smallest absolute Gasteiger partial charge is 0.319 e. The lowest BCUT2D eigenvalue weighted by Crippen LogP contribution is -2.61. The van der Waals surface area contributed by atoms with Crippen LogP contribution in [-0.4, -0.2) is 80.3 Å². The molecule has 0 aromatic heterocycles. The maximum Gasteiger partial charge on any atom is 0.319 e. The summed E-state index contributed by atoms with van der Waals surface area (Å²) in [6.45, 7) is 3.93. The Morgan fingerprint density at radius 3 is 2.35 bits per heavy atom. The molecular weight excluding hydrogens is 262 g/mol. The molecule has 2 rings (SSSR count). The number of rotatable bonds is 3. The highest BCUT2D eigenvalue weighted by Gasteiger charge is 2.39. The number of amides is 1. The Morgan fingerprint density at radius 1 is 1.20 bits per heavy atom. The molecule has 2 N–H and O–H groups in total. The molecule has 0 aliphatic carbocycles. The average molecular weight is 285 g/mol. The summed E-state index contributed by atoms with van der Waals surface area (Å²) < 4.78 is 9.91. The van der Waals surface area contributed by atoms with Gasteiger partial charge in [0, 0.05) is 39.4 Å². The third-order valence-corrected chi connectivity index (χ3v) is 4.05. The predicted molar refractivity (Wildman–Crippen MR) is 72.0 cm³/mol. The van der Waals surface area contributed by atoms with E-state index in [0.717, 1.165) is 0 Å². The van der Waals surface area contributed by atoms with Gasteiger partial charge in [-0.2, -0.15) is 0 Å². The summed E-state index contributed by atoms with van der Waals surface area (Å²) in [4.78, 5) is 27.5. The van der Waals surface area contributed by atoms with Crippen molar-refractivity contribution < 1.29 is 19.1 Å². The zero-order valence-electron chi connectivity index (χ0n) is 12.0. The molecule has 7 nitrogen and oxygen atoms in total. The van der Waals surface area contributed by atoms with Crippen LogP contribution in [0.15, 0.2) is 0 Å². The van der Waals surface area contributed by atoms with Gasteiger partial charge in [-0.25, -0.2) is 0 Å². The average Bonchev–Trinajstić information content (AvgIpc) is 2.48. The van der Waals surface area contributed by atoms with Gasteiger partial charge in [0.25, 0.3) is 0 Å². The summed E-state index contributed by atoms with van der Waals surface area (Å²) in [7, 11) is 1.38. The summed E-state index contributed by atoms with van der Waals surface area (Å²) >= 11 is 0. The number of hydrogen-bond acceptors (Lipinski definition) is 6. The number of carbonyl (C=O) groups excluding carboxylic acids is 2. The number of nitrogens with zero attached hydrogens (tertiary/aromatic N) is 2. The van der Waals surface area contributed by atoms with E-state index in [1.807, 2.05) is 4.90 Å². The number of hydrogen-bond donors (Lipinski definition) is 1. The van der Waals surface area contributed by atoms with Gasteiger partial charge >= 0.3 is 5.97 Å². The first-order valence-electron chi connectivity index (χ1n) is 7.00. The fraction of sp³-hybridized carbons (Fsp3) is 0.846. The van der Waals surface area contributed by atoms with Crippen LogP contribution in [0.5, 0.6) is 0 Å². The number of methoxy groups -OCH3 is 1. The summed E-state index contributed by atoms with van der Waals surface area (Å²) in [6, 6.07) is 0. The second-order valence-electron chi connectivity index (χ2n) is 5.41. The molecule has 0 radical (unpaired) electrons. The van der Waals surface area contributed by atoms with Crippen molar-refractivity contribution in [1.82, 2.24) is 9.80 Å². The summed E-state index contributed by atoms with van der Waals surface area (Å²) in [6.07, 6.45) is 1.16. The van der Waals surface area contributed by atoms with Crippen molar-refractivity contribution in [3.8, 4) is 0 Å². The van der Waals surface area contributed by atoms with Gasteiger partial charge in [-0.15, -0.1) is 0 Å². The van der Waals surface area contributed by atoms with Crippen LogP contribution in [0, 0.1) is 0 Å². The number of esters is 1. The molecule has 114 valence electrons. The Labute approximate surface area is 119 Å². The van der Waals surface area contributed by atoms with Crippen LogP contribution in [-0.2, 0) is 19.1 Å². The van der Waals surface area contributed by atoms with Gasteiger partial charge in [0.1, 0.15) is 0 Å². The SMILES string of the molecule is COC(=O)CN1CCN(C(=O)C2(N)CCOCC2)CC1. The fourth-order valence-corrected chi connectivity index (χ4v) is 2.62. The van der Waals surface area contributed by atoms with E-state index in [2.05, 4.69) is 4.74 Å². The maximum atomic E-state index is 12.5. The third-order valence-electron chi connectivity index (χ3n) is 4.05. The van der Waals surface area contributed by atoms with Crippen molar-refractivity contribution in [2.45, 2.75) is 18.4 Å². The lowest BCUT2D eigenvalue weighted by atomic mass is 9.89. The molecule has 2 aliphatic heterocycles. The van der Waals surface area contributed by atoms with E-state index in [-0.39, 0.29) is 18.4 Å². The highest BCUT2D eigenvalue weighted by Crippen LogP contribution is 2.21. The Balaban J connectivity index is 1.84. The van der Waals surface area contributed by atoms with Gasteiger partial charge in [-0.3, -0.25) is 14.5 Å². The third kappa shape index (κ3) is 3.47. The number of carbonyl (C=O) groups is 2. The molecular formula is C13H23N3O4. The topological polar surface area (TPSA) is 85.1 Å². The van der Waals surface area contributed by atoms with Crippen LogP contribution >= 0.6 is 0 Å². The van der Waals surface area contributed by atoms with Crippen molar-refractivity contribution >= 4 is 11.9 Å². The van der Waals surface area contributed by atoms with E-state index >= 15 is 0 Å². The number of piperazine rings is 1. The van der Waals surface area contributed by atoms with E-state index in [1.54, 1.807) is 4.90 Å². The molecule has 0 bridgehead atoms. The summed E-state index contributed by atoms with van der Waals surface area (Å²) in [5.74, 6) is -0.233. The Morgan fingerprint density at radius 2 is 1.80 bits per heavy atom. The number of nitrogens with two attached hydrogens (primary N) is 1. The molecule has 0 unspecified atom stereocenters. The van der Waals surface area contributed by atoms with Crippen molar-refractivity contribution in [1.29, 1.82) is 0 Å². The molecule has 2 saturated heterocycles. The maximum absolute atomic E-state index is 12.5. The minimum Gasteiger partial charge on any atom is -0.468 e. The van der Waals surface area contributed by atoms with Crippen molar-refractivity contribution in [3.05, 3.63) is 0 Å². The molecule has 0 aromatic rings. The molecule has 1 amide bonds. The number of ether oxygens (including phenoxy) is 2. The zero-order valence-corrected chi connectivity index (χ0v) is 12.0. The van der Waals surface area contributed by atoms with E-state index in [1.165, 1.54) is 7.11 Å². The monoisotopic (exact) mass is 285 g/mol. The summed E-state index contributed by atoms with van der Waals surface area (Å²) in [5, 5.41) is 0. The molecule has 2 heterocycles. The quantitative estimate of drug-likeness (QED) is 0.657. The van der Waals surface area contributed by atoms with Crippen molar-refractivity contribution in [2.75, 3.05) is 53.0 Å². The molecule has 0 spiro atoms. The first-order chi connectivity index (χ1) is 9.55. The van der Waals surface area contributed by atoms with Gasteiger partial charge in [-0.1, -0.05) is 0 Å². The van der Waals surface area contributed by atoms with Gasteiger partial charge < -0.3 is 20.1 Å². The van der Waals surface area contributed by atoms with Crippen molar-refractivity contribution in [3.63, 3.8) is 0 Å². The Kier molecular flexibility index (Phi) is 4.95.